The van der Waals surface area contributed by atoms with Crippen LogP contribution < -0.4 is 5.32 Å². The number of aromatic amines is 1. The monoisotopic (exact) mass is 152 g/mol. The smallest absolute Gasteiger partial charge is 0.00406 e. The molecule has 0 aromatic carbocycles. The highest BCUT2D eigenvalue weighted by Crippen LogP contribution is 2.16. The molecule has 0 aliphatic heterocycles. The summed E-state index contributed by atoms with van der Waals surface area (Å²) in [7, 11) is 2.00. The van der Waals surface area contributed by atoms with Gasteiger partial charge in [-0.3, -0.25) is 0 Å². The summed E-state index contributed by atoms with van der Waals surface area (Å²) in [6.45, 7) is 3.28. The maximum Gasteiger partial charge on any atom is 0.00406 e. The fraction of sp³-hybridized carbons (Fsp3) is 0.556. The van der Waals surface area contributed by atoms with Gasteiger partial charge in [0.25, 0.3) is 0 Å². The Morgan fingerprint density at radius 2 is 2.45 bits per heavy atom. The number of aromatic nitrogens is 1. The summed E-state index contributed by atoms with van der Waals surface area (Å²) in [5, 5.41) is 3.19. The second-order valence-corrected chi connectivity index (χ2v) is 2.81. The Labute approximate surface area is 68.0 Å². The maximum absolute atomic E-state index is 3.19. The predicted octanol–water partition coefficient (Wildman–Crippen LogP) is 1.73. The third-order valence-corrected chi connectivity index (χ3v) is 2.04. The molecule has 1 aromatic heterocycles. The zero-order chi connectivity index (χ0) is 8.10. The van der Waals surface area contributed by atoms with E-state index in [2.05, 4.69) is 29.5 Å². The predicted molar refractivity (Wildman–Crippen MR) is 47.8 cm³/mol. The Balaban J connectivity index is 2.56. The first-order valence-electron chi connectivity index (χ1n) is 4.15. The van der Waals surface area contributed by atoms with Crippen LogP contribution in [0.15, 0.2) is 18.5 Å². The van der Waals surface area contributed by atoms with Crippen LogP contribution in [-0.4, -0.2) is 18.6 Å². The Kier molecular flexibility index (Phi) is 3.17. The third-order valence-electron chi connectivity index (χ3n) is 2.04. The molecule has 1 aromatic rings. The summed E-state index contributed by atoms with van der Waals surface area (Å²) in [4.78, 5) is 3.08. The van der Waals surface area contributed by atoms with Crippen molar-refractivity contribution in [2.75, 3.05) is 13.6 Å². The van der Waals surface area contributed by atoms with Gasteiger partial charge in [0.05, 0.1) is 0 Å². The van der Waals surface area contributed by atoms with E-state index < -0.39 is 0 Å². The van der Waals surface area contributed by atoms with Crippen LogP contribution in [0.5, 0.6) is 0 Å². The van der Waals surface area contributed by atoms with E-state index in [1.165, 1.54) is 12.0 Å². The first-order valence-corrected chi connectivity index (χ1v) is 4.15. The fourth-order valence-electron chi connectivity index (χ4n) is 1.34. The van der Waals surface area contributed by atoms with E-state index in [0.29, 0.717) is 5.92 Å². The highest BCUT2D eigenvalue weighted by molar-refractivity contribution is 5.14. The van der Waals surface area contributed by atoms with Gasteiger partial charge in [-0.05, 0) is 31.0 Å². The van der Waals surface area contributed by atoms with Crippen molar-refractivity contribution in [2.24, 2.45) is 0 Å². The van der Waals surface area contributed by atoms with Crippen LogP contribution in [0.2, 0.25) is 0 Å². The lowest BCUT2D eigenvalue weighted by atomic mass is 10.00. The van der Waals surface area contributed by atoms with Crippen LogP contribution in [0.1, 0.15) is 24.8 Å². The molecule has 1 unspecified atom stereocenters. The van der Waals surface area contributed by atoms with Gasteiger partial charge < -0.3 is 10.3 Å². The van der Waals surface area contributed by atoms with Gasteiger partial charge in [-0.2, -0.15) is 0 Å². The van der Waals surface area contributed by atoms with E-state index in [4.69, 9.17) is 0 Å². The first-order chi connectivity index (χ1) is 5.38. The quantitative estimate of drug-likeness (QED) is 0.675. The molecule has 1 atom stereocenters. The third kappa shape index (κ3) is 2.09. The number of hydrogen-bond acceptors (Lipinski definition) is 1. The summed E-state index contributed by atoms with van der Waals surface area (Å²) in [5.41, 5.74) is 1.40. The van der Waals surface area contributed by atoms with Crippen molar-refractivity contribution in [2.45, 2.75) is 19.3 Å². The van der Waals surface area contributed by atoms with E-state index in [-0.39, 0.29) is 0 Å². The van der Waals surface area contributed by atoms with Gasteiger partial charge >= 0.3 is 0 Å². The molecule has 2 heteroatoms. The summed E-state index contributed by atoms with van der Waals surface area (Å²) in [5.74, 6) is 0.659. The average Bonchev–Trinajstić information content (AvgIpc) is 2.52. The molecule has 0 spiro atoms. The number of H-pyrrole nitrogens is 1. The lowest BCUT2D eigenvalue weighted by Crippen LogP contribution is -2.16. The maximum atomic E-state index is 3.19. The minimum Gasteiger partial charge on any atom is -0.367 e. The van der Waals surface area contributed by atoms with E-state index in [1.54, 1.807) is 0 Å². The Morgan fingerprint density at radius 3 is 2.91 bits per heavy atom. The number of nitrogens with one attached hydrogen (secondary N) is 2. The summed E-state index contributed by atoms with van der Waals surface area (Å²) in [6, 6.07) is 2.14. The van der Waals surface area contributed by atoms with Gasteiger partial charge in [0.1, 0.15) is 0 Å². The fourth-order valence-corrected chi connectivity index (χ4v) is 1.34. The zero-order valence-electron chi connectivity index (χ0n) is 7.22. The van der Waals surface area contributed by atoms with E-state index in [9.17, 15) is 0 Å². The summed E-state index contributed by atoms with van der Waals surface area (Å²) >= 11 is 0. The molecule has 1 heterocycles. The summed E-state index contributed by atoms with van der Waals surface area (Å²) in [6.07, 6.45) is 5.25. The van der Waals surface area contributed by atoms with Crippen LogP contribution in [0.25, 0.3) is 0 Å². The van der Waals surface area contributed by atoms with Gasteiger partial charge in [-0.15, -0.1) is 0 Å². The Bertz CT molecular complexity index is 179. The van der Waals surface area contributed by atoms with Crippen molar-refractivity contribution in [3.05, 3.63) is 24.0 Å². The molecule has 0 aliphatic carbocycles. The lowest BCUT2D eigenvalue weighted by molar-refractivity contribution is 0.612. The molecule has 0 aliphatic rings. The van der Waals surface area contributed by atoms with Gasteiger partial charge in [-0.1, -0.05) is 6.92 Å². The van der Waals surface area contributed by atoms with Gasteiger partial charge in [0.2, 0.25) is 0 Å². The number of hydrogen-bond donors (Lipinski definition) is 2. The largest absolute Gasteiger partial charge is 0.367 e. The second kappa shape index (κ2) is 4.19. The highest BCUT2D eigenvalue weighted by Gasteiger charge is 2.06. The molecule has 0 saturated heterocycles. The van der Waals surface area contributed by atoms with Crippen LogP contribution in [0.4, 0.5) is 0 Å². The van der Waals surface area contributed by atoms with Gasteiger partial charge in [0.15, 0.2) is 0 Å². The second-order valence-electron chi connectivity index (χ2n) is 2.81. The van der Waals surface area contributed by atoms with Gasteiger partial charge in [0, 0.05) is 18.9 Å². The standard InChI is InChI=1S/C9H16N2/c1-3-8(6-10-2)9-4-5-11-7-9/h4-5,7-8,10-11H,3,6H2,1-2H3. The van der Waals surface area contributed by atoms with Crippen LogP contribution in [0.3, 0.4) is 0 Å². The molecule has 0 bridgehead atoms. The summed E-state index contributed by atoms with van der Waals surface area (Å²) < 4.78 is 0. The normalized spacial score (nSPS) is 13.3. The van der Waals surface area contributed by atoms with E-state index in [1.807, 2.05) is 13.2 Å². The van der Waals surface area contributed by atoms with E-state index >= 15 is 0 Å². The topological polar surface area (TPSA) is 27.8 Å². The molecule has 2 N–H and O–H groups in total. The van der Waals surface area contributed by atoms with Crippen molar-refractivity contribution in [1.29, 1.82) is 0 Å². The molecular weight excluding hydrogens is 136 g/mol. The Hall–Kier alpha value is -0.760. The number of likely N-dealkylation sites (N-methyl/N-ethyl adjacent to an activating group) is 1. The van der Waals surface area contributed by atoms with Crippen LogP contribution in [-0.2, 0) is 0 Å². The van der Waals surface area contributed by atoms with Crippen molar-refractivity contribution in [3.8, 4) is 0 Å². The molecule has 62 valence electrons. The Morgan fingerprint density at radius 1 is 1.64 bits per heavy atom. The first kappa shape index (κ1) is 8.34. The molecule has 2 nitrogen and oxygen atoms in total. The molecule has 0 fully saturated rings. The molecular formula is C9H16N2. The zero-order valence-corrected chi connectivity index (χ0v) is 7.22. The van der Waals surface area contributed by atoms with Gasteiger partial charge in [-0.25, -0.2) is 0 Å². The van der Waals surface area contributed by atoms with Crippen molar-refractivity contribution >= 4 is 0 Å². The molecule has 1 rings (SSSR count). The van der Waals surface area contributed by atoms with Crippen molar-refractivity contribution in [3.63, 3.8) is 0 Å². The lowest BCUT2D eigenvalue weighted by Gasteiger charge is -2.11. The minimum absolute atomic E-state index is 0.659. The van der Waals surface area contributed by atoms with Crippen LogP contribution >= 0.6 is 0 Å². The SMILES string of the molecule is CCC(CNC)c1cc[nH]c1. The van der Waals surface area contributed by atoms with Crippen LogP contribution in [0, 0.1) is 0 Å². The molecule has 0 radical (unpaired) electrons. The average molecular weight is 152 g/mol. The van der Waals surface area contributed by atoms with E-state index in [0.717, 1.165) is 6.54 Å². The minimum atomic E-state index is 0.659. The van der Waals surface area contributed by atoms with Crippen molar-refractivity contribution in [1.82, 2.24) is 10.3 Å². The molecule has 0 saturated carbocycles. The molecule has 11 heavy (non-hydrogen) atoms. The highest BCUT2D eigenvalue weighted by atomic mass is 14.8. The van der Waals surface area contributed by atoms with Crippen molar-refractivity contribution < 1.29 is 0 Å². The number of rotatable bonds is 4. The molecule has 0 amide bonds.